The number of aliphatic hydroxyl groups excluding tert-OH is 1. The number of anilines is 1. The van der Waals surface area contributed by atoms with E-state index in [-0.39, 0.29) is 18.0 Å². The minimum Gasteiger partial charge on any atom is -0.506 e. The molecule has 0 aliphatic carbocycles. The van der Waals surface area contributed by atoms with Crippen LogP contribution in [0.5, 0.6) is 5.75 Å². The number of sulfonamides is 1. The minimum atomic E-state index is -3.47. The molecule has 90 valence electrons. The molecule has 0 saturated carbocycles. The van der Waals surface area contributed by atoms with Gasteiger partial charge in [-0.05, 0) is 17.7 Å². The van der Waals surface area contributed by atoms with Crippen molar-refractivity contribution in [2.45, 2.75) is 6.10 Å². The van der Waals surface area contributed by atoms with Crippen LogP contribution in [-0.4, -0.2) is 31.4 Å². The van der Waals surface area contributed by atoms with Crippen molar-refractivity contribution < 1.29 is 18.6 Å². The molecular formula is C9H14N2O4S. The molecule has 0 spiro atoms. The summed E-state index contributed by atoms with van der Waals surface area (Å²) in [6.45, 7) is 0.0170. The van der Waals surface area contributed by atoms with E-state index in [1.807, 2.05) is 0 Å². The summed E-state index contributed by atoms with van der Waals surface area (Å²) >= 11 is 0. The molecule has 1 atom stereocenters. The lowest BCUT2D eigenvalue weighted by molar-refractivity contribution is 0.186. The van der Waals surface area contributed by atoms with Crippen LogP contribution in [0.3, 0.4) is 0 Å². The topological polar surface area (TPSA) is 113 Å². The van der Waals surface area contributed by atoms with E-state index < -0.39 is 16.1 Å². The Morgan fingerprint density at radius 2 is 2.12 bits per heavy atom. The molecule has 0 fully saturated rings. The monoisotopic (exact) mass is 246 g/mol. The van der Waals surface area contributed by atoms with E-state index in [4.69, 9.17) is 5.73 Å². The molecule has 0 radical (unpaired) electrons. The van der Waals surface area contributed by atoms with Gasteiger partial charge in [-0.1, -0.05) is 6.07 Å². The van der Waals surface area contributed by atoms with Gasteiger partial charge in [-0.25, -0.2) is 8.42 Å². The summed E-state index contributed by atoms with van der Waals surface area (Å²) in [5.41, 5.74) is 5.73. The number of nitrogens with two attached hydrogens (primary N) is 1. The predicted molar refractivity (Wildman–Crippen MR) is 60.6 cm³/mol. The maximum Gasteiger partial charge on any atom is 0.229 e. The van der Waals surface area contributed by atoms with Gasteiger partial charge in [0.15, 0.2) is 0 Å². The molecule has 0 heterocycles. The lowest BCUT2D eigenvalue weighted by Gasteiger charge is -2.12. The molecule has 0 bridgehead atoms. The fraction of sp³-hybridized carbons (Fsp3) is 0.333. The highest BCUT2D eigenvalue weighted by Crippen LogP contribution is 2.27. The lowest BCUT2D eigenvalue weighted by atomic mass is 10.1. The van der Waals surface area contributed by atoms with Crippen LogP contribution in [0.25, 0.3) is 0 Å². The number of hydrogen-bond donors (Lipinski definition) is 4. The number of rotatable bonds is 4. The summed E-state index contributed by atoms with van der Waals surface area (Å²) in [5, 5.41) is 18.9. The lowest BCUT2D eigenvalue weighted by Crippen LogP contribution is -2.13. The average Bonchev–Trinajstić information content (AvgIpc) is 2.18. The third-order valence-corrected chi connectivity index (χ3v) is 2.51. The number of phenols is 1. The summed E-state index contributed by atoms with van der Waals surface area (Å²) in [6.07, 6.45) is 0.0825. The first-order chi connectivity index (χ1) is 7.33. The first kappa shape index (κ1) is 12.8. The summed E-state index contributed by atoms with van der Waals surface area (Å²) in [4.78, 5) is 0. The van der Waals surface area contributed by atoms with Crippen LogP contribution in [0, 0.1) is 0 Å². The Labute approximate surface area is 93.8 Å². The summed E-state index contributed by atoms with van der Waals surface area (Å²) < 4.78 is 24.1. The number of benzene rings is 1. The molecule has 0 aromatic heterocycles. The van der Waals surface area contributed by atoms with E-state index in [0.717, 1.165) is 6.26 Å². The highest BCUT2D eigenvalue weighted by Gasteiger charge is 2.11. The molecule has 1 rings (SSSR count). The molecule has 0 amide bonds. The second-order valence-electron chi connectivity index (χ2n) is 3.40. The third kappa shape index (κ3) is 3.37. The molecule has 0 aliphatic rings. The number of aliphatic hydroxyl groups is 1. The van der Waals surface area contributed by atoms with Crippen molar-refractivity contribution in [3.05, 3.63) is 23.8 Å². The van der Waals surface area contributed by atoms with Crippen molar-refractivity contribution in [2.24, 2.45) is 5.73 Å². The van der Waals surface area contributed by atoms with Crippen molar-refractivity contribution in [3.63, 3.8) is 0 Å². The van der Waals surface area contributed by atoms with Crippen LogP contribution < -0.4 is 10.5 Å². The zero-order valence-electron chi connectivity index (χ0n) is 8.71. The summed E-state index contributed by atoms with van der Waals surface area (Å²) in [6, 6.07) is 4.11. The van der Waals surface area contributed by atoms with Crippen LogP contribution in [-0.2, 0) is 10.0 Å². The molecule has 1 aromatic carbocycles. The molecule has 0 aliphatic heterocycles. The second-order valence-corrected chi connectivity index (χ2v) is 5.15. The van der Waals surface area contributed by atoms with Crippen LogP contribution in [0.15, 0.2) is 18.2 Å². The van der Waals surface area contributed by atoms with E-state index in [9.17, 15) is 18.6 Å². The number of phenolic OH excluding ortho intramolecular Hbond substituents is 1. The van der Waals surface area contributed by atoms with Gasteiger partial charge in [0, 0.05) is 6.54 Å². The molecule has 7 heteroatoms. The van der Waals surface area contributed by atoms with E-state index in [1.54, 1.807) is 0 Å². The fourth-order valence-corrected chi connectivity index (χ4v) is 1.74. The Kier molecular flexibility index (Phi) is 3.74. The molecule has 1 aromatic rings. The third-order valence-electron chi connectivity index (χ3n) is 1.92. The zero-order chi connectivity index (χ0) is 12.3. The molecule has 5 N–H and O–H groups in total. The van der Waals surface area contributed by atoms with Gasteiger partial charge in [-0.15, -0.1) is 0 Å². The normalized spacial score (nSPS) is 13.4. The van der Waals surface area contributed by atoms with Crippen LogP contribution >= 0.6 is 0 Å². The van der Waals surface area contributed by atoms with Crippen molar-refractivity contribution >= 4 is 15.7 Å². The van der Waals surface area contributed by atoms with E-state index in [2.05, 4.69) is 4.72 Å². The van der Waals surface area contributed by atoms with E-state index >= 15 is 0 Å². The van der Waals surface area contributed by atoms with E-state index in [1.165, 1.54) is 18.2 Å². The maximum absolute atomic E-state index is 11.0. The number of nitrogens with one attached hydrogen (secondary N) is 1. The first-order valence-corrected chi connectivity index (χ1v) is 6.41. The zero-order valence-corrected chi connectivity index (χ0v) is 9.53. The van der Waals surface area contributed by atoms with Crippen LogP contribution in [0.2, 0.25) is 0 Å². The van der Waals surface area contributed by atoms with Gasteiger partial charge in [0.25, 0.3) is 0 Å². The van der Waals surface area contributed by atoms with Gasteiger partial charge in [0.2, 0.25) is 10.0 Å². The summed E-state index contributed by atoms with van der Waals surface area (Å²) in [7, 11) is -3.47. The average molecular weight is 246 g/mol. The largest absolute Gasteiger partial charge is 0.506 e. The first-order valence-electron chi connectivity index (χ1n) is 4.52. The Morgan fingerprint density at radius 1 is 1.50 bits per heavy atom. The SMILES string of the molecule is CS(=O)(=O)Nc1cc(C(O)CN)ccc1O. The van der Waals surface area contributed by atoms with Gasteiger partial charge in [0.1, 0.15) is 5.75 Å². The Balaban J connectivity index is 3.09. The Hall–Kier alpha value is -1.31. The predicted octanol–water partition coefficient (Wildman–Crippen LogP) is -0.244. The fourth-order valence-electron chi connectivity index (χ4n) is 1.18. The van der Waals surface area contributed by atoms with Gasteiger partial charge in [-0.3, -0.25) is 4.72 Å². The second kappa shape index (κ2) is 4.69. The van der Waals surface area contributed by atoms with Crippen LogP contribution in [0.4, 0.5) is 5.69 Å². The smallest absolute Gasteiger partial charge is 0.229 e. The van der Waals surface area contributed by atoms with Gasteiger partial charge in [0.05, 0.1) is 18.0 Å². The van der Waals surface area contributed by atoms with Gasteiger partial charge >= 0.3 is 0 Å². The quantitative estimate of drug-likeness (QED) is 0.547. The molecule has 6 nitrogen and oxygen atoms in total. The van der Waals surface area contributed by atoms with Crippen LogP contribution in [0.1, 0.15) is 11.7 Å². The maximum atomic E-state index is 11.0. The summed E-state index contributed by atoms with van der Waals surface area (Å²) in [5.74, 6) is -0.210. The van der Waals surface area contributed by atoms with Crippen molar-refractivity contribution in [1.29, 1.82) is 0 Å². The Morgan fingerprint density at radius 3 is 2.62 bits per heavy atom. The highest BCUT2D eigenvalue weighted by atomic mass is 32.2. The number of aromatic hydroxyl groups is 1. The molecular weight excluding hydrogens is 232 g/mol. The standard InChI is InChI=1S/C9H14N2O4S/c1-16(14,15)11-7-4-6(9(13)5-10)2-3-8(7)12/h2-4,9,11-13H,5,10H2,1H3. The van der Waals surface area contributed by atoms with Gasteiger partial charge in [-0.2, -0.15) is 0 Å². The van der Waals surface area contributed by atoms with Crippen molar-refractivity contribution in [2.75, 3.05) is 17.5 Å². The molecule has 16 heavy (non-hydrogen) atoms. The molecule has 0 saturated heterocycles. The van der Waals surface area contributed by atoms with Crippen molar-refractivity contribution in [3.8, 4) is 5.75 Å². The van der Waals surface area contributed by atoms with E-state index in [0.29, 0.717) is 5.56 Å². The minimum absolute atomic E-state index is 0.0170. The van der Waals surface area contributed by atoms with Crippen molar-refractivity contribution in [1.82, 2.24) is 0 Å². The molecule has 1 unspecified atom stereocenters. The van der Waals surface area contributed by atoms with Gasteiger partial charge < -0.3 is 15.9 Å². The Bertz CT molecular complexity index is 472. The number of hydrogen-bond acceptors (Lipinski definition) is 5. The highest BCUT2D eigenvalue weighted by molar-refractivity contribution is 7.92.